The van der Waals surface area contributed by atoms with Gasteiger partial charge in [-0.15, -0.1) is 0 Å². The normalized spacial score (nSPS) is 11.9. The molecule has 0 radical (unpaired) electrons. The largest absolute Gasteiger partial charge is 0.480 e. The SMILES string of the molecule is COCC(NC(=O)c1ccccc1Br)C(=O)O. The first-order chi connectivity index (χ1) is 8.06. The monoisotopic (exact) mass is 301 g/mol. The number of carboxylic acid groups (broad SMARTS) is 1. The Morgan fingerprint density at radius 3 is 2.65 bits per heavy atom. The number of ether oxygens (including phenoxy) is 1. The van der Waals surface area contributed by atoms with Crippen LogP contribution in [0.5, 0.6) is 0 Å². The summed E-state index contributed by atoms with van der Waals surface area (Å²) in [4.78, 5) is 22.6. The van der Waals surface area contributed by atoms with E-state index in [0.29, 0.717) is 10.0 Å². The van der Waals surface area contributed by atoms with Gasteiger partial charge < -0.3 is 15.2 Å². The van der Waals surface area contributed by atoms with E-state index in [4.69, 9.17) is 9.84 Å². The van der Waals surface area contributed by atoms with Crippen LogP contribution in [0.15, 0.2) is 28.7 Å². The van der Waals surface area contributed by atoms with E-state index in [1.807, 2.05) is 0 Å². The number of halogens is 1. The van der Waals surface area contributed by atoms with E-state index >= 15 is 0 Å². The zero-order valence-electron chi connectivity index (χ0n) is 9.14. The quantitative estimate of drug-likeness (QED) is 0.859. The van der Waals surface area contributed by atoms with Gasteiger partial charge in [-0.2, -0.15) is 0 Å². The highest BCUT2D eigenvalue weighted by Crippen LogP contribution is 2.15. The standard InChI is InChI=1S/C11H12BrNO4/c1-17-6-9(11(15)16)13-10(14)7-4-2-3-5-8(7)12/h2-5,9H,6H2,1H3,(H,13,14)(H,15,16). The van der Waals surface area contributed by atoms with Crippen LogP contribution in [-0.2, 0) is 9.53 Å². The number of carbonyl (C=O) groups is 2. The van der Waals surface area contributed by atoms with Gasteiger partial charge >= 0.3 is 5.97 Å². The summed E-state index contributed by atoms with van der Waals surface area (Å²) in [5.74, 6) is -1.59. The highest BCUT2D eigenvalue weighted by molar-refractivity contribution is 9.10. The molecule has 1 aromatic carbocycles. The molecule has 1 unspecified atom stereocenters. The predicted molar refractivity (Wildman–Crippen MR) is 64.9 cm³/mol. The van der Waals surface area contributed by atoms with Crippen molar-refractivity contribution in [2.24, 2.45) is 0 Å². The second kappa shape index (κ2) is 6.36. The van der Waals surface area contributed by atoms with E-state index in [0.717, 1.165) is 0 Å². The number of rotatable bonds is 5. The topological polar surface area (TPSA) is 75.6 Å². The maximum absolute atomic E-state index is 11.8. The number of amides is 1. The van der Waals surface area contributed by atoms with Crippen LogP contribution >= 0.6 is 15.9 Å². The lowest BCUT2D eigenvalue weighted by Gasteiger charge is -2.13. The Labute approximate surface area is 107 Å². The zero-order chi connectivity index (χ0) is 12.8. The Kier molecular flexibility index (Phi) is 5.11. The molecule has 0 aliphatic heterocycles. The summed E-state index contributed by atoms with van der Waals surface area (Å²) < 4.78 is 5.34. The number of hydrogen-bond donors (Lipinski definition) is 2. The first kappa shape index (κ1) is 13.7. The molecule has 5 nitrogen and oxygen atoms in total. The molecule has 17 heavy (non-hydrogen) atoms. The number of hydrogen-bond acceptors (Lipinski definition) is 3. The minimum Gasteiger partial charge on any atom is -0.480 e. The van der Waals surface area contributed by atoms with Crippen molar-refractivity contribution in [3.05, 3.63) is 34.3 Å². The first-order valence-electron chi connectivity index (χ1n) is 4.83. The Balaban J connectivity index is 2.77. The van der Waals surface area contributed by atoms with E-state index in [1.165, 1.54) is 7.11 Å². The Bertz CT molecular complexity index is 422. The summed E-state index contributed by atoms with van der Waals surface area (Å²) >= 11 is 3.22. The zero-order valence-corrected chi connectivity index (χ0v) is 10.7. The van der Waals surface area contributed by atoms with E-state index in [1.54, 1.807) is 24.3 Å². The highest BCUT2D eigenvalue weighted by Gasteiger charge is 2.21. The summed E-state index contributed by atoms with van der Waals surface area (Å²) in [5, 5.41) is 11.2. The molecule has 0 aliphatic carbocycles. The third-order valence-electron chi connectivity index (χ3n) is 2.06. The smallest absolute Gasteiger partial charge is 0.328 e. The van der Waals surface area contributed by atoms with Crippen molar-refractivity contribution in [1.82, 2.24) is 5.32 Å². The van der Waals surface area contributed by atoms with Gasteiger partial charge in [-0.05, 0) is 28.1 Å². The number of benzene rings is 1. The van der Waals surface area contributed by atoms with Crippen molar-refractivity contribution in [3.63, 3.8) is 0 Å². The fraction of sp³-hybridized carbons (Fsp3) is 0.273. The van der Waals surface area contributed by atoms with Gasteiger partial charge in [-0.1, -0.05) is 12.1 Å². The van der Waals surface area contributed by atoms with Gasteiger partial charge in [0.2, 0.25) is 0 Å². The van der Waals surface area contributed by atoms with Gasteiger partial charge in [0.05, 0.1) is 12.2 Å². The molecule has 0 fully saturated rings. The van der Waals surface area contributed by atoms with Gasteiger partial charge in [0.1, 0.15) is 0 Å². The summed E-state index contributed by atoms with van der Waals surface area (Å²) in [6.07, 6.45) is 0. The van der Waals surface area contributed by atoms with Gasteiger partial charge in [0.15, 0.2) is 6.04 Å². The van der Waals surface area contributed by atoms with Crippen LogP contribution in [-0.4, -0.2) is 36.7 Å². The fourth-order valence-electron chi connectivity index (χ4n) is 1.22. The summed E-state index contributed by atoms with van der Waals surface area (Å²) in [6.45, 7) is -0.0779. The van der Waals surface area contributed by atoms with E-state index in [2.05, 4.69) is 21.2 Å². The van der Waals surface area contributed by atoms with E-state index < -0.39 is 17.9 Å². The summed E-state index contributed by atoms with van der Waals surface area (Å²) in [6, 6.07) is 5.72. The molecule has 1 amide bonds. The van der Waals surface area contributed by atoms with Crippen molar-refractivity contribution < 1.29 is 19.4 Å². The molecular weight excluding hydrogens is 290 g/mol. The second-order valence-corrected chi connectivity index (χ2v) is 4.15. The van der Waals surface area contributed by atoms with Crippen molar-refractivity contribution in [2.75, 3.05) is 13.7 Å². The van der Waals surface area contributed by atoms with Crippen LogP contribution in [0.3, 0.4) is 0 Å². The molecule has 0 saturated heterocycles. The Hall–Kier alpha value is -1.40. The molecule has 1 rings (SSSR count). The first-order valence-corrected chi connectivity index (χ1v) is 5.62. The number of carboxylic acids is 1. The molecule has 2 N–H and O–H groups in total. The van der Waals surface area contributed by atoms with Crippen molar-refractivity contribution >= 4 is 27.8 Å². The Morgan fingerprint density at radius 1 is 1.47 bits per heavy atom. The molecule has 0 aliphatic rings. The van der Waals surface area contributed by atoms with Crippen LogP contribution in [0, 0.1) is 0 Å². The average molecular weight is 302 g/mol. The van der Waals surface area contributed by atoms with Crippen LogP contribution in [0.25, 0.3) is 0 Å². The molecule has 92 valence electrons. The van der Waals surface area contributed by atoms with Gasteiger partial charge in [0, 0.05) is 11.6 Å². The minimum absolute atomic E-state index is 0.0779. The molecule has 6 heteroatoms. The maximum Gasteiger partial charge on any atom is 0.328 e. The Morgan fingerprint density at radius 2 is 2.12 bits per heavy atom. The molecule has 0 saturated carbocycles. The molecule has 1 atom stereocenters. The fourth-order valence-corrected chi connectivity index (χ4v) is 1.69. The molecule has 1 aromatic rings. The lowest BCUT2D eigenvalue weighted by atomic mass is 10.2. The lowest BCUT2D eigenvalue weighted by molar-refractivity contribution is -0.140. The van der Waals surface area contributed by atoms with Gasteiger partial charge in [0.25, 0.3) is 5.91 Å². The number of aliphatic carboxylic acids is 1. The second-order valence-electron chi connectivity index (χ2n) is 3.30. The molecule has 0 bridgehead atoms. The van der Waals surface area contributed by atoms with Crippen LogP contribution in [0.4, 0.5) is 0 Å². The minimum atomic E-state index is -1.13. The number of methoxy groups -OCH3 is 1. The van der Waals surface area contributed by atoms with E-state index in [-0.39, 0.29) is 6.61 Å². The van der Waals surface area contributed by atoms with Crippen LogP contribution in [0.1, 0.15) is 10.4 Å². The predicted octanol–water partition coefficient (Wildman–Crippen LogP) is 1.28. The highest BCUT2D eigenvalue weighted by atomic mass is 79.9. The third kappa shape index (κ3) is 3.83. The summed E-state index contributed by atoms with van der Waals surface area (Å²) in [7, 11) is 1.38. The van der Waals surface area contributed by atoms with Crippen molar-refractivity contribution in [3.8, 4) is 0 Å². The van der Waals surface area contributed by atoms with Gasteiger partial charge in [-0.3, -0.25) is 4.79 Å². The van der Waals surface area contributed by atoms with Gasteiger partial charge in [-0.25, -0.2) is 4.79 Å². The molecule has 0 heterocycles. The van der Waals surface area contributed by atoms with Crippen molar-refractivity contribution in [1.29, 1.82) is 0 Å². The molecular formula is C11H12BrNO4. The van der Waals surface area contributed by atoms with Crippen LogP contribution in [0.2, 0.25) is 0 Å². The lowest BCUT2D eigenvalue weighted by Crippen LogP contribution is -2.43. The molecule has 0 spiro atoms. The summed E-state index contributed by atoms with van der Waals surface area (Å²) in [5.41, 5.74) is 0.384. The van der Waals surface area contributed by atoms with E-state index in [9.17, 15) is 9.59 Å². The number of nitrogens with one attached hydrogen (secondary N) is 1. The third-order valence-corrected chi connectivity index (χ3v) is 2.75. The molecule has 0 aromatic heterocycles. The maximum atomic E-state index is 11.8. The van der Waals surface area contributed by atoms with Crippen LogP contribution < -0.4 is 5.32 Å². The average Bonchev–Trinajstić information content (AvgIpc) is 2.28. The van der Waals surface area contributed by atoms with Crippen molar-refractivity contribution in [2.45, 2.75) is 6.04 Å². The number of carbonyl (C=O) groups excluding carboxylic acids is 1.